The average Bonchev–Trinajstić information content (AvgIpc) is 3.00. The second kappa shape index (κ2) is 7.86. The molecule has 1 saturated heterocycles. The molecule has 166 valence electrons. The van der Waals surface area contributed by atoms with Crippen molar-refractivity contribution in [1.82, 2.24) is 5.32 Å². The molecule has 3 saturated carbocycles. The molecule has 1 aliphatic heterocycles. The lowest BCUT2D eigenvalue weighted by molar-refractivity contribution is -0.144. The van der Waals surface area contributed by atoms with Crippen molar-refractivity contribution in [3.63, 3.8) is 0 Å². The molecule has 2 heteroatoms. The van der Waals surface area contributed by atoms with Gasteiger partial charge in [0.25, 0.3) is 0 Å². The first kappa shape index (κ1) is 21.7. The maximum Gasteiger partial charge on any atom is 0.220 e. The topological polar surface area (TPSA) is 29.1 Å². The van der Waals surface area contributed by atoms with E-state index in [-0.39, 0.29) is 0 Å². The Morgan fingerprint density at radius 2 is 1.72 bits per heavy atom. The van der Waals surface area contributed by atoms with Gasteiger partial charge >= 0.3 is 0 Å². The van der Waals surface area contributed by atoms with Crippen LogP contribution in [0.4, 0.5) is 0 Å². The Kier molecular flexibility index (Phi) is 5.88. The van der Waals surface area contributed by atoms with Crippen molar-refractivity contribution in [2.75, 3.05) is 0 Å². The van der Waals surface area contributed by atoms with Gasteiger partial charge in [0, 0.05) is 12.5 Å². The van der Waals surface area contributed by atoms with Gasteiger partial charge in [-0.05, 0) is 90.8 Å². The molecule has 4 fully saturated rings. The van der Waals surface area contributed by atoms with E-state index in [0.717, 1.165) is 54.3 Å². The fraction of sp³-hybridized carbons (Fsp3) is 0.963. The highest BCUT2D eigenvalue weighted by Gasteiger charge is 2.62. The Bertz CT molecular complexity index is 614. The summed E-state index contributed by atoms with van der Waals surface area (Å²) in [5.41, 5.74) is 0.904. The summed E-state index contributed by atoms with van der Waals surface area (Å²) < 4.78 is 0. The van der Waals surface area contributed by atoms with E-state index in [1.54, 1.807) is 0 Å². The van der Waals surface area contributed by atoms with E-state index in [2.05, 4.69) is 46.9 Å². The van der Waals surface area contributed by atoms with Gasteiger partial charge < -0.3 is 5.32 Å². The quantitative estimate of drug-likeness (QED) is 0.537. The van der Waals surface area contributed by atoms with Crippen LogP contribution >= 0.6 is 0 Å². The van der Waals surface area contributed by atoms with Gasteiger partial charge in [0.2, 0.25) is 5.91 Å². The number of nitrogens with one attached hydrogen (secondary N) is 1. The third kappa shape index (κ3) is 3.59. The van der Waals surface area contributed by atoms with Crippen LogP contribution in [0, 0.1) is 52.3 Å². The minimum Gasteiger partial charge on any atom is -0.353 e. The molecule has 0 spiro atoms. The third-order valence-electron chi connectivity index (χ3n) is 10.7. The maximum atomic E-state index is 12.1. The normalized spacial score (nSPS) is 47.9. The number of piperidine rings is 1. The number of carbonyl (C=O) groups excluding carboxylic acids is 1. The van der Waals surface area contributed by atoms with E-state index in [4.69, 9.17) is 0 Å². The molecule has 4 rings (SSSR count). The fourth-order valence-electron chi connectivity index (χ4n) is 9.07. The van der Waals surface area contributed by atoms with Crippen molar-refractivity contribution in [3.05, 3.63) is 0 Å². The fourth-order valence-corrected chi connectivity index (χ4v) is 9.07. The predicted molar refractivity (Wildman–Crippen MR) is 121 cm³/mol. The van der Waals surface area contributed by atoms with Gasteiger partial charge in [0.15, 0.2) is 0 Å². The molecule has 0 radical (unpaired) electrons. The number of rotatable bonds is 5. The maximum absolute atomic E-state index is 12.1. The largest absolute Gasteiger partial charge is 0.353 e. The highest BCUT2D eigenvalue weighted by molar-refractivity contribution is 5.77. The van der Waals surface area contributed by atoms with Gasteiger partial charge in [-0.3, -0.25) is 4.79 Å². The number of fused-ring (bicyclic) bond motifs is 5. The summed E-state index contributed by atoms with van der Waals surface area (Å²) in [7, 11) is 0. The lowest BCUT2D eigenvalue weighted by atomic mass is 9.44. The van der Waals surface area contributed by atoms with E-state index in [1.807, 2.05) is 0 Å². The minimum absolute atomic E-state index is 0.301. The Hall–Kier alpha value is -0.530. The van der Waals surface area contributed by atoms with Crippen molar-refractivity contribution in [2.45, 2.75) is 112 Å². The zero-order valence-electron chi connectivity index (χ0n) is 20.1. The molecular weight excluding hydrogens is 354 g/mol. The van der Waals surface area contributed by atoms with E-state index in [0.29, 0.717) is 22.8 Å². The first-order chi connectivity index (χ1) is 13.7. The molecule has 1 amide bonds. The van der Waals surface area contributed by atoms with E-state index >= 15 is 0 Å². The predicted octanol–water partition coefficient (Wildman–Crippen LogP) is 6.83. The third-order valence-corrected chi connectivity index (χ3v) is 10.7. The van der Waals surface area contributed by atoms with Gasteiger partial charge in [-0.1, -0.05) is 60.8 Å². The summed E-state index contributed by atoms with van der Waals surface area (Å²) in [4.78, 5) is 12.1. The highest BCUT2D eigenvalue weighted by Crippen LogP contribution is 2.67. The Balaban J connectivity index is 1.51. The summed E-state index contributed by atoms with van der Waals surface area (Å²) in [5, 5.41) is 3.41. The number of hydrogen-bond donors (Lipinski definition) is 1. The van der Waals surface area contributed by atoms with Crippen molar-refractivity contribution in [1.29, 1.82) is 0 Å². The standard InChI is InChI=1S/C27H47NO/c1-17(2)8-7-9-18(3)20-10-11-21-25-19(4)16-23-27(6,15-13-24(29)28-23)22(25)12-14-26(20,21)5/h17-23,25H,7-16H2,1-6H3,(H,28,29)/t18?,19-,20?,21?,22?,23?,25?,26+,27+/m0/s1. The molecule has 4 aliphatic rings. The molecule has 1 heterocycles. The van der Waals surface area contributed by atoms with E-state index in [9.17, 15) is 4.79 Å². The van der Waals surface area contributed by atoms with Crippen molar-refractivity contribution in [3.8, 4) is 0 Å². The summed E-state index contributed by atoms with van der Waals surface area (Å²) in [6, 6.07) is 0.427. The van der Waals surface area contributed by atoms with Crippen LogP contribution in [0.5, 0.6) is 0 Å². The Morgan fingerprint density at radius 3 is 2.45 bits per heavy atom. The number of hydrogen-bond acceptors (Lipinski definition) is 1. The van der Waals surface area contributed by atoms with Crippen molar-refractivity contribution >= 4 is 5.91 Å². The van der Waals surface area contributed by atoms with Crippen LogP contribution in [-0.2, 0) is 4.79 Å². The van der Waals surface area contributed by atoms with Crippen LogP contribution in [0.2, 0.25) is 0 Å². The molecular formula is C27H47NO. The zero-order valence-corrected chi connectivity index (χ0v) is 20.1. The average molecular weight is 402 g/mol. The molecule has 0 bridgehead atoms. The van der Waals surface area contributed by atoms with Gasteiger partial charge in [0.1, 0.15) is 0 Å². The number of carbonyl (C=O) groups is 1. The summed E-state index contributed by atoms with van der Waals surface area (Å²) >= 11 is 0. The second-order valence-electron chi connectivity index (χ2n) is 12.7. The van der Waals surface area contributed by atoms with Gasteiger partial charge in [-0.15, -0.1) is 0 Å². The molecule has 29 heavy (non-hydrogen) atoms. The lowest BCUT2D eigenvalue weighted by Gasteiger charge is -2.62. The van der Waals surface area contributed by atoms with Crippen LogP contribution in [0.15, 0.2) is 0 Å². The van der Waals surface area contributed by atoms with Crippen molar-refractivity contribution < 1.29 is 4.79 Å². The smallest absolute Gasteiger partial charge is 0.220 e. The van der Waals surface area contributed by atoms with E-state index in [1.165, 1.54) is 51.4 Å². The lowest BCUT2D eigenvalue weighted by Crippen LogP contribution is -2.63. The molecule has 0 aromatic heterocycles. The molecule has 0 aromatic rings. The van der Waals surface area contributed by atoms with Gasteiger partial charge in [0.05, 0.1) is 0 Å². The summed E-state index contributed by atoms with van der Waals surface area (Å²) in [5.74, 6) is 6.36. The van der Waals surface area contributed by atoms with Gasteiger partial charge in [-0.2, -0.15) is 0 Å². The van der Waals surface area contributed by atoms with Crippen LogP contribution in [0.1, 0.15) is 106 Å². The van der Waals surface area contributed by atoms with Gasteiger partial charge in [-0.25, -0.2) is 0 Å². The number of amides is 1. The first-order valence-electron chi connectivity index (χ1n) is 13.0. The molecule has 9 atom stereocenters. The first-order valence-corrected chi connectivity index (χ1v) is 13.0. The molecule has 1 N–H and O–H groups in total. The SMILES string of the molecule is CC(C)CCCC(C)C1CCC2C3C(CC[C@]12C)[C@@]1(C)CCC(=O)NC1C[C@@H]3C. The van der Waals surface area contributed by atoms with Crippen molar-refractivity contribution in [2.24, 2.45) is 52.3 Å². The highest BCUT2D eigenvalue weighted by atomic mass is 16.1. The van der Waals surface area contributed by atoms with Crippen LogP contribution in [-0.4, -0.2) is 11.9 Å². The summed E-state index contributed by atoms with van der Waals surface area (Å²) in [6.45, 7) is 15.0. The van der Waals surface area contributed by atoms with Crippen LogP contribution in [0.3, 0.4) is 0 Å². The summed E-state index contributed by atoms with van der Waals surface area (Å²) in [6.07, 6.45) is 13.1. The zero-order chi connectivity index (χ0) is 21.0. The van der Waals surface area contributed by atoms with Crippen LogP contribution in [0.25, 0.3) is 0 Å². The Labute approximate surface area is 180 Å². The minimum atomic E-state index is 0.301. The molecule has 6 unspecified atom stereocenters. The Morgan fingerprint density at radius 1 is 1.00 bits per heavy atom. The van der Waals surface area contributed by atoms with E-state index < -0.39 is 0 Å². The second-order valence-corrected chi connectivity index (χ2v) is 12.7. The molecule has 0 aromatic carbocycles. The molecule has 3 aliphatic carbocycles. The monoisotopic (exact) mass is 401 g/mol. The molecule has 2 nitrogen and oxygen atoms in total. The van der Waals surface area contributed by atoms with Crippen LogP contribution < -0.4 is 5.32 Å².